The number of carboxylic acid groups (broad SMARTS) is 1. The average molecular weight is 372 g/mol. The van der Waals surface area contributed by atoms with E-state index in [0.717, 1.165) is 35.4 Å². The molecule has 1 aliphatic rings. The summed E-state index contributed by atoms with van der Waals surface area (Å²) in [6, 6.07) is 9.37. The number of carbonyl (C=O) groups is 1. The van der Waals surface area contributed by atoms with Crippen LogP contribution in [0.25, 0.3) is 11.1 Å². The van der Waals surface area contributed by atoms with Crippen LogP contribution in [0.5, 0.6) is 0 Å². The number of hydrogen-bond donors (Lipinski definition) is 1. The zero-order valence-electron chi connectivity index (χ0n) is 15.5. The van der Waals surface area contributed by atoms with E-state index in [1.807, 2.05) is 30.3 Å². The number of rotatable bonds is 6. The molecule has 1 heterocycles. The lowest BCUT2D eigenvalue weighted by Gasteiger charge is -2.17. The second-order valence-corrected chi connectivity index (χ2v) is 8.18. The number of nitrogens with zero attached hydrogens (tertiary/aromatic N) is 1. The van der Waals surface area contributed by atoms with E-state index in [1.54, 1.807) is 0 Å². The molecule has 1 aliphatic carbocycles. The number of aromatic carboxylic acids is 1. The smallest absolute Gasteiger partial charge is 0.337 e. The Bertz CT molecular complexity index is 795. The molecule has 1 aromatic heterocycles. The van der Waals surface area contributed by atoms with Gasteiger partial charge in [-0.3, -0.25) is 4.98 Å². The third-order valence-corrected chi connectivity index (χ3v) is 5.34. The molecule has 0 amide bonds. The normalized spacial score (nSPS) is 14.9. The van der Waals surface area contributed by atoms with Gasteiger partial charge in [0.05, 0.1) is 11.3 Å². The molecule has 0 radical (unpaired) electrons. The van der Waals surface area contributed by atoms with Crippen LogP contribution in [0.4, 0.5) is 0 Å². The maximum Gasteiger partial charge on any atom is 0.337 e. The number of pyridine rings is 1. The van der Waals surface area contributed by atoms with Crippen LogP contribution in [-0.2, 0) is 12.8 Å². The number of aromatic nitrogens is 1. The maximum atomic E-state index is 11.9. The zero-order valence-corrected chi connectivity index (χ0v) is 16.2. The van der Waals surface area contributed by atoms with Crippen LogP contribution in [0, 0.1) is 11.8 Å². The van der Waals surface area contributed by atoms with Crippen molar-refractivity contribution in [2.75, 3.05) is 0 Å². The van der Waals surface area contributed by atoms with Gasteiger partial charge in [0.2, 0.25) is 0 Å². The topological polar surface area (TPSA) is 50.2 Å². The summed E-state index contributed by atoms with van der Waals surface area (Å²) in [5.41, 5.74) is 3.86. The molecule has 3 rings (SSSR count). The van der Waals surface area contributed by atoms with Gasteiger partial charge in [0, 0.05) is 16.3 Å². The Balaban J connectivity index is 2.09. The van der Waals surface area contributed by atoms with Gasteiger partial charge < -0.3 is 5.11 Å². The van der Waals surface area contributed by atoms with E-state index in [4.69, 9.17) is 16.6 Å². The van der Waals surface area contributed by atoms with Crippen LogP contribution in [0.15, 0.2) is 30.3 Å². The molecular weight excluding hydrogens is 346 g/mol. The molecule has 26 heavy (non-hydrogen) atoms. The van der Waals surface area contributed by atoms with Crippen molar-refractivity contribution in [3.8, 4) is 11.1 Å². The third-order valence-electron chi connectivity index (χ3n) is 5.10. The SMILES string of the molecule is CC(C)Cc1nc(CC2CCCC2)c(C(=O)O)cc1-c1cccc(Cl)c1. The lowest BCUT2D eigenvalue weighted by atomic mass is 9.92. The zero-order chi connectivity index (χ0) is 18.7. The molecule has 0 atom stereocenters. The molecule has 4 heteroatoms. The van der Waals surface area contributed by atoms with E-state index in [-0.39, 0.29) is 0 Å². The van der Waals surface area contributed by atoms with Crippen molar-refractivity contribution in [2.45, 2.75) is 52.4 Å². The van der Waals surface area contributed by atoms with Crippen molar-refractivity contribution in [3.63, 3.8) is 0 Å². The highest BCUT2D eigenvalue weighted by Crippen LogP contribution is 2.32. The first kappa shape index (κ1) is 18.9. The predicted octanol–water partition coefficient (Wildman–Crippen LogP) is 6.03. The molecule has 138 valence electrons. The summed E-state index contributed by atoms with van der Waals surface area (Å²) in [6.07, 6.45) is 6.42. The van der Waals surface area contributed by atoms with Crippen LogP contribution in [0.3, 0.4) is 0 Å². The van der Waals surface area contributed by atoms with E-state index in [1.165, 1.54) is 25.7 Å². The molecule has 1 aromatic carbocycles. The molecule has 3 nitrogen and oxygen atoms in total. The van der Waals surface area contributed by atoms with E-state index in [9.17, 15) is 9.90 Å². The standard InChI is InChI=1S/C22H26ClNO2/c1-14(2)10-20-18(16-8-5-9-17(23)12-16)13-19(22(25)26)21(24-20)11-15-6-3-4-7-15/h5,8-9,12-15H,3-4,6-7,10-11H2,1-2H3,(H,25,26). The van der Waals surface area contributed by atoms with E-state index in [0.29, 0.717) is 22.4 Å². The fourth-order valence-electron chi connectivity index (χ4n) is 3.87. The van der Waals surface area contributed by atoms with Crippen molar-refractivity contribution >= 4 is 17.6 Å². The molecular formula is C22H26ClNO2. The highest BCUT2D eigenvalue weighted by Gasteiger charge is 2.23. The van der Waals surface area contributed by atoms with Gasteiger partial charge in [0.25, 0.3) is 0 Å². The summed E-state index contributed by atoms with van der Waals surface area (Å²) < 4.78 is 0. The largest absolute Gasteiger partial charge is 0.478 e. The molecule has 0 unspecified atom stereocenters. The molecule has 0 spiro atoms. The Morgan fingerprint density at radius 2 is 1.96 bits per heavy atom. The van der Waals surface area contributed by atoms with Crippen LogP contribution >= 0.6 is 11.6 Å². The Kier molecular flexibility index (Phi) is 5.98. The summed E-state index contributed by atoms with van der Waals surface area (Å²) in [6.45, 7) is 4.32. The van der Waals surface area contributed by atoms with Gasteiger partial charge in [0.15, 0.2) is 0 Å². The maximum absolute atomic E-state index is 11.9. The summed E-state index contributed by atoms with van der Waals surface area (Å²) in [4.78, 5) is 16.8. The van der Waals surface area contributed by atoms with Crippen LogP contribution in [0.1, 0.15) is 61.3 Å². The van der Waals surface area contributed by atoms with Gasteiger partial charge in [-0.05, 0) is 48.4 Å². The van der Waals surface area contributed by atoms with E-state index in [2.05, 4.69) is 13.8 Å². The fraction of sp³-hybridized carbons (Fsp3) is 0.455. The summed E-state index contributed by atoms with van der Waals surface area (Å²) >= 11 is 6.16. The second-order valence-electron chi connectivity index (χ2n) is 7.74. The minimum absolute atomic E-state index is 0.333. The summed E-state index contributed by atoms with van der Waals surface area (Å²) in [5.74, 6) is 0.102. The predicted molar refractivity (Wildman–Crippen MR) is 106 cm³/mol. The quantitative estimate of drug-likeness (QED) is 0.674. The fourth-order valence-corrected chi connectivity index (χ4v) is 4.06. The average Bonchev–Trinajstić information content (AvgIpc) is 3.07. The number of benzene rings is 1. The summed E-state index contributed by atoms with van der Waals surface area (Å²) in [5, 5.41) is 10.4. The van der Waals surface area contributed by atoms with E-state index >= 15 is 0 Å². The molecule has 1 fully saturated rings. The van der Waals surface area contributed by atoms with Gasteiger partial charge >= 0.3 is 5.97 Å². The van der Waals surface area contributed by atoms with Crippen LogP contribution in [-0.4, -0.2) is 16.1 Å². The first-order valence-electron chi connectivity index (χ1n) is 9.46. The number of halogens is 1. The lowest BCUT2D eigenvalue weighted by Crippen LogP contribution is -2.13. The Labute approximate surface area is 160 Å². The Hall–Kier alpha value is -1.87. The van der Waals surface area contributed by atoms with Crippen molar-refractivity contribution in [1.29, 1.82) is 0 Å². The first-order valence-corrected chi connectivity index (χ1v) is 9.84. The minimum Gasteiger partial charge on any atom is -0.478 e. The van der Waals surface area contributed by atoms with Gasteiger partial charge in [-0.2, -0.15) is 0 Å². The van der Waals surface area contributed by atoms with Crippen molar-refractivity contribution in [2.24, 2.45) is 11.8 Å². The second kappa shape index (κ2) is 8.22. The van der Waals surface area contributed by atoms with Crippen molar-refractivity contribution in [3.05, 3.63) is 52.3 Å². The van der Waals surface area contributed by atoms with Gasteiger partial charge in [-0.25, -0.2) is 4.79 Å². The summed E-state index contributed by atoms with van der Waals surface area (Å²) in [7, 11) is 0. The number of hydrogen-bond acceptors (Lipinski definition) is 2. The highest BCUT2D eigenvalue weighted by molar-refractivity contribution is 6.30. The number of carboxylic acids is 1. The van der Waals surface area contributed by atoms with Crippen LogP contribution in [0.2, 0.25) is 5.02 Å². The van der Waals surface area contributed by atoms with Gasteiger partial charge in [0.1, 0.15) is 0 Å². The molecule has 0 aliphatic heterocycles. The minimum atomic E-state index is -0.898. The Morgan fingerprint density at radius 1 is 1.23 bits per heavy atom. The third kappa shape index (κ3) is 4.45. The van der Waals surface area contributed by atoms with Crippen molar-refractivity contribution in [1.82, 2.24) is 4.98 Å². The monoisotopic (exact) mass is 371 g/mol. The molecule has 0 bridgehead atoms. The van der Waals surface area contributed by atoms with Gasteiger partial charge in [-0.1, -0.05) is 63.3 Å². The van der Waals surface area contributed by atoms with Crippen molar-refractivity contribution < 1.29 is 9.90 Å². The molecule has 0 saturated heterocycles. The molecule has 2 aromatic rings. The highest BCUT2D eigenvalue weighted by atomic mass is 35.5. The molecule has 1 saturated carbocycles. The van der Waals surface area contributed by atoms with E-state index < -0.39 is 5.97 Å². The van der Waals surface area contributed by atoms with Crippen LogP contribution < -0.4 is 0 Å². The van der Waals surface area contributed by atoms with Gasteiger partial charge in [-0.15, -0.1) is 0 Å². The molecule has 1 N–H and O–H groups in total. The Morgan fingerprint density at radius 3 is 2.58 bits per heavy atom. The first-order chi connectivity index (χ1) is 12.4. The lowest BCUT2D eigenvalue weighted by molar-refractivity contribution is 0.0695.